The fourth-order valence-electron chi connectivity index (χ4n) is 2.07. The van der Waals surface area contributed by atoms with Crippen LogP contribution in [0, 0.1) is 17.0 Å². The number of nitrogens with zero attached hydrogens (tertiary/aromatic N) is 2. The lowest BCUT2D eigenvalue weighted by Crippen LogP contribution is -2.15. The van der Waals surface area contributed by atoms with Crippen molar-refractivity contribution in [1.29, 1.82) is 0 Å². The Labute approximate surface area is 116 Å². The Bertz CT molecular complexity index is 647. The van der Waals surface area contributed by atoms with E-state index in [1.54, 1.807) is 18.3 Å². The molecule has 0 unspecified atom stereocenters. The molecule has 2 aromatic rings. The van der Waals surface area contributed by atoms with E-state index in [1.807, 2.05) is 6.92 Å². The number of nitrogens with one attached hydrogen (secondary N) is 1. The van der Waals surface area contributed by atoms with E-state index in [0.717, 1.165) is 11.1 Å². The molecule has 1 N–H and O–H groups in total. The molecule has 0 atom stereocenters. The van der Waals surface area contributed by atoms with Crippen LogP contribution < -0.4 is 5.32 Å². The van der Waals surface area contributed by atoms with Crippen LogP contribution in [0.5, 0.6) is 0 Å². The van der Waals surface area contributed by atoms with Gasteiger partial charge in [-0.3, -0.25) is 10.1 Å². The molecule has 0 aliphatic heterocycles. The summed E-state index contributed by atoms with van der Waals surface area (Å²) >= 11 is 0. The summed E-state index contributed by atoms with van der Waals surface area (Å²) in [5, 5.41) is 14.1. The zero-order chi connectivity index (χ0) is 14.1. The highest BCUT2D eigenvalue weighted by Gasteiger charge is 2.21. The van der Waals surface area contributed by atoms with Gasteiger partial charge in [0.25, 0.3) is 5.69 Å². The number of hydrogen-bond acceptors (Lipinski definition) is 5. The van der Waals surface area contributed by atoms with Crippen LogP contribution >= 0.6 is 0 Å². The average Bonchev–Trinajstić information content (AvgIpc) is 3.14. The van der Waals surface area contributed by atoms with Crippen LogP contribution in [0.4, 0.5) is 5.69 Å². The summed E-state index contributed by atoms with van der Waals surface area (Å²) in [5.74, 6) is 1.29. The predicted molar refractivity (Wildman–Crippen MR) is 73.2 cm³/mol. The molecule has 20 heavy (non-hydrogen) atoms. The largest absolute Gasteiger partial charge is 0.439 e. The molecule has 1 aromatic heterocycles. The summed E-state index contributed by atoms with van der Waals surface area (Å²) < 4.78 is 5.69. The fraction of sp³-hybridized carbons (Fsp3) is 0.357. The first-order valence-electron chi connectivity index (χ1n) is 6.57. The van der Waals surface area contributed by atoms with E-state index in [9.17, 15) is 10.1 Å². The lowest BCUT2D eigenvalue weighted by atomic mass is 10.1. The van der Waals surface area contributed by atoms with Crippen LogP contribution in [0.25, 0.3) is 11.3 Å². The second-order valence-corrected chi connectivity index (χ2v) is 5.03. The van der Waals surface area contributed by atoms with Crippen molar-refractivity contribution in [1.82, 2.24) is 10.3 Å². The molecule has 1 saturated carbocycles. The van der Waals surface area contributed by atoms with Crippen molar-refractivity contribution in [2.45, 2.75) is 32.4 Å². The molecule has 0 radical (unpaired) electrons. The van der Waals surface area contributed by atoms with Gasteiger partial charge in [0.15, 0.2) is 5.76 Å². The van der Waals surface area contributed by atoms with Gasteiger partial charge in [0, 0.05) is 23.7 Å². The molecule has 1 aliphatic carbocycles. The second-order valence-electron chi connectivity index (χ2n) is 5.03. The number of non-ortho nitro benzene ring substituents is 1. The minimum absolute atomic E-state index is 0.0846. The molecule has 6 heteroatoms. The first kappa shape index (κ1) is 12.8. The molecule has 104 valence electrons. The Balaban J connectivity index is 1.79. The van der Waals surface area contributed by atoms with E-state index in [2.05, 4.69) is 10.3 Å². The predicted octanol–water partition coefficient (Wildman–Crippen LogP) is 2.81. The number of nitro benzene ring substituents is 1. The Kier molecular flexibility index (Phi) is 3.23. The molecule has 0 saturated heterocycles. The van der Waals surface area contributed by atoms with Gasteiger partial charge in [-0.2, -0.15) is 0 Å². The van der Waals surface area contributed by atoms with Gasteiger partial charge in [0.05, 0.1) is 17.7 Å². The number of oxazole rings is 1. The zero-order valence-electron chi connectivity index (χ0n) is 11.1. The summed E-state index contributed by atoms with van der Waals surface area (Å²) in [6.45, 7) is 2.45. The Morgan fingerprint density at radius 1 is 1.50 bits per heavy atom. The van der Waals surface area contributed by atoms with Crippen LogP contribution in [0.15, 0.2) is 28.8 Å². The summed E-state index contributed by atoms with van der Waals surface area (Å²) in [7, 11) is 0. The Morgan fingerprint density at radius 2 is 2.30 bits per heavy atom. The van der Waals surface area contributed by atoms with E-state index in [0.29, 0.717) is 24.2 Å². The van der Waals surface area contributed by atoms with Crippen molar-refractivity contribution in [2.75, 3.05) is 0 Å². The van der Waals surface area contributed by atoms with Gasteiger partial charge in [0.2, 0.25) is 5.89 Å². The third kappa shape index (κ3) is 2.70. The highest BCUT2D eigenvalue weighted by atomic mass is 16.6. The highest BCUT2D eigenvalue weighted by Crippen LogP contribution is 2.27. The summed E-state index contributed by atoms with van der Waals surface area (Å²) in [6, 6.07) is 5.32. The molecule has 1 fully saturated rings. The second kappa shape index (κ2) is 5.05. The van der Waals surface area contributed by atoms with E-state index in [1.165, 1.54) is 18.9 Å². The lowest BCUT2D eigenvalue weighted by molar-refractivity contribution is -0.384. The Hall–Kier alpha value is -2.21. The molecular weight excluding hydrogens is 258 g/mol. The van der Waals surface area contributed by atoms with Crippen LogP contribution in [0.1, 0.15) is 24.3 Å². The fourth-order valence-corrected chi connectivity index (χ4v) is 2.07. The van der Waals surface area contributed by atoms with E-state index in [-0.39, 0.29) is 5.69 Å². The zero-order valence-corrected chi connectivity index (χ0v) is 11.1. The maximum Gasteiger partial charge on any atom is 0.269 e. The molecule has 1 aliphatic rings. The van der Waals surface area contributed by atoms with Gasteiger partial charge in [0.1, 0.15) is 0 Å². The minimum Gasteiger partial charge on any atom is -0.439 e. The maximum atomic E-state index is 10.7. The molecule has 0 spiro atoms. The van der Waals surface area contributed by atoms with Crippen LogP contribution in [0.2, 0.25) is 0 Å². The molecule has 3 rings (SSSR count). The quantitative estimate of drug-likeness (QED) is 0.669. The van der Waals surface area contributed by atoms with Crippen molar-refractivity contribution in [3.8, 4) is 11.3 Å². The summed E-state index contributed by atoms with van der Waals surface area (Å²) in [4.78, 5) is 14.5. The van der Waals surface area contributed by atoms with E-state index in [4.69, 9.17) is 4.42 Å². The van der Waals surface area contributed by atoms with Crippen LogP contribution in [-0.4, -0.2) is 15.9 Å². The maximum absolute atomic E-state index is 10.7. The summed E-state index contributed by atoms with van der Waals surface area (Å²) in [6.07, 6.45) is 4.10. The van der Waals surface area contributed by atoms with Crippen LogP contribution in [-0.2, 0) is 6.54 Å². The molecule has 1 heterocycles. The standard InChI is InChI=1S/C14H15N3O3/c1-9-6-11(17(18)19)4-5-12(9)13-7-16-14(20-13)8-15-10-2-3-10/h4-7,10,15H,2-3,8H2,1H3. The number of hydrogen-bond donors (Lipinski definition) is 1. The average molecular weight is 273 g/mol. The molecule has 0 bridgehead atoms. The number of rotatable bonds is 5. The topological polar surface area (TPSA) is 81.2 Å². The molecule has 6 nitrogen and oxygen atoms in total. The third-order valence-corrected chi connectivity index (χ3v) is 3.36. The van der Waals surface area contributed by atoms with Crippen molar-refractivity contribution in [3.05, 3.63) is 46.0 Å². The van der Waals surface area contributed by atoms with E-state index < -0.39 is 4.92 Å². The van der Waals surface area contributed by atoms with Gasteiger partial charge in [-0.15, -0.1) is 0 Å². The number of aryl methyl sites for hydroxylation is 1. The molecule has 0 amide bonds. The summed E-state index contributed by atoms with van der Waals surface area (Å²) in [5.41, 5.74) is 1.72. The lowest BCUT2D eigenvalue weighted by Gasteiger charge is -2.02. The van der Waals surface area contributed by atoms with Crippen LogP contribution in [0.3, 0.4) is 0 Å². The Morgan fingerprint density at radius 3 is 2.95 bits per heavy atom. The van der Waals surface area contributed by atoms with Crippen molar-refractivity contribution in [2.24, 2.45) is 0 Å². The van der Waals surface area contributed by atoms with Gasteiger partial charge in [-0.1, -0.05) is 0 Å². The number of benzene rings is 1. The van der Waals surface area contributed by atoms with Crippen molar-refractivity contribution >= 4 is 5.69 Å². The van der Waals surface area contributed by atoms with E-state index >= 15 is 0 Å². The smallest absolute Gasteiger partial charge is 0.269 e. The molecular formula is C14H15N3O3. The first-order chi connectivity index (χ1) is 9.63. The van der Waals surface area contributed by atoms with Gasteiger partial charge >= 0.3 is 0 Å². The van der Waals surface area contributed by atoms with Crippen molar-refractivity contribution < 1.29 is 9.34 Å². The van der Waals surface area contributed by atoms with Gasteiger partial charge < -0.3 is 9.73 Å². The number of aromatic nitrogens is 1. The normalized spacial score (nSPS) is 14.4. The molecule has 1 aromatic carbocycles. The SMILES string of the molecule is Cc1cc([N+](=O)[O-])ccc1-c1cnc(CNC2CC2)o1. The van der Waals surface area contributed by atoms with Gasteiger partial charge in [-0.25, -0.2) is 4.98 Å². The minimum atomic E-state index is -0.401. The monoisotopic (exact) mass is 273 g/mol. The third-order valence-electron chi connectivity index (χ3n) is 3.36. The van der Waals surface area contributed by atoms with Gasteiger partial charge in [-0.05, 0) is 31.4 Å². The van der Waals surface area contributed by atoms with Crippen molar-refractivity contribution in [3.63, 3.8) is 0 Å². The highest BCUT2D eigenvalue weighted by molar-refractivity contribution is 5.63. The number of nitro groups is 1. The first-order valence-corrected chi connectivity index (χ1v) is 6.57.